The molecule has 1 heteroatoms. The van der Waals surface area contributed by atoms with E-state index in [2.05, 4.69) is 20.8 Å². The molecule has 0 saturated heterocycles. The van der Waals surface area contributed by atoms with Crippen LogP contribution in [-0.2, 0) is 0 Å². The maximum atomic E-state index is 13.4. The summed E-state index contributed by atoms with van der Waals surface area (Å²) in [5.41, 5.74) is 2.38. The molecule has 0 N–H and O–H groups in total. The number of allylic oxidation sites excluding steroid dienone is 4. The first-order valence-corrected chi connectivity index (χ1v) is 6.86. The average Bonchev–Trinajstić information content (AvgIpc) is 2.29. The van der Waals surface area contributed by atoms with Gasteiger partial charge < -0.3 is 0 Å². The van der Waals surface area contributed by atoms with E-state index in [1.165, 1.54) is 17.6 Å². The smallest absolute Gasteiger partial charge is 0.125 e. The molecule has 2 atom stereocenters. The van der Waals surface area contributed by atoms with Gasteiger partial charge in [0.2, 0.25) is 0 Å². The van der Waals surface area contributed by atoms with E-state index in [1.54, 1.807) is 6.08 Å². The molecule has 0 bridgehead atoms. The number of rotatable bonds is 2. The molecular weight excluding hydrogens is 211 g/mol. The summed E-state index contributed by atoms with van der Waals surface area (Å²) in [5, 5.41) is 0. The molecule has 0 saturated carbocycles. The van der Waals surface area contributed by atoms with Gasteiger partial charge in [0.15, 0.2) is 0 Å². The Morgan fingerprint density at radius 1 is 1.53 bits per heavy atom. The number of alkyl halides is 1. The van der Waals surface area contributed by atoms with E-state index in [0.29, 0.717) is 0 Å². The monoisotopic (exact) mass is 240 g/mol. The minimum absolute atomic E-state index is 0.138. The molecule has 0 radical (unpaired) electrons. The Bertz CT molecular complexity index is 261. The van der Waals surface area contributed by atoms with Crippen molar-refractivity contribution in [3.63, 3.8) is 0 Å². The van der Waals surface area contributed by atoms with Crippen LogP contribution in [0.5, 0.6) is 0 Å². The van der Waals surface area contributed by atoms with Crippen molar-refractivity contribution in [2.75, 3.05) is 0 Å². The van der Waals surface area contributed by atoms with Gasteiger partial charge in [0.05, 0.1) is 0 Å². The molecule has 0 heterocycles. The Hall–Kier alpha value is -0.590. The highest BCUT2D eigenvalue weighted by Gasteiger charge is 2.23. The zero-order valence-corrected chi connectivity index (χ0v) is 12.4. The fourth-order valence-electron chi connectivity index (χ4n) is 1.71. The summed E-state index contributed by atoms with van der Waals surface area (Å²) < 4.78 is 13.4. The highest BCUT2D eigenvalue weighted by Crippen LogP contribution is 2.30. The van der Waals surface area contributed by atoms with Crippen LogP contribution in [0.3, 0.4) is 0 Å². The molecule has 0 aromatic heterocycles. The second kappa shape index (κ2) is 8.49. The van der Waals surface area contributed by atoms with Gasteiger partial charge in [-0.05, 0) is 39.5 Å². The summed E-state index contributed by atoms with van der Waals surface area (Å²) in [6, 6.07) is 0. The molecule has 0 nitrogen and oxygen atoms in total. The van der Waals surface area contributed by atoms with Crippen LogP contribution in [0.4, 0.5) is 4.39 Å². The average molecular weight is 240 g/mol. The maximum absolute atomic E-state index is 13.4. The third-order valence-corrected chi connectivity index (χ3v) is 3.53. The Labute approximate surface area is 107 Å². The summed E-state index contributed by atoms with van der Waals surface area (Å²) in [6.07, 6.45) is 6.36. The van der Waals surface area contributed by atoms with Gasteiger partial charge in [-0.25, -0.2) is 4.39 Å². The van der Waals surface area contributed by atoms with Gasteiger partial charge >= 0.3 is 0 Å². The topological polar surface area (TPSA) is 0 Å². The lowest BCUT2D eigenvalue weighted by Crippen LogP contribution is -2.19. The molecule has 0 spiro atoms. The molecule has 1 aliphatic carbocycles. The second-order valence-electron chi connectivity index (χ2n) is 5.44. The number of hydrogen-bond acceptors (Lipinski definition) is 0. The van der Waals surface area contributed by atoms with Crippen molar-refractivity contribution < 1.29 is 4.39 Å². The molecule has 0 fully saturated rings. The van der Waals surface area contributed by atoms with Crippen LogP contribution in [0.2, 0.25) is 0 Å². The third kappa shape index (κ3) is 6.65. The van der Waals surface area contributed by atoms with Crippen molar-refractivity contribution >= 4 is 0 Å². The first-order valence-electron chi connectivity index (χ1n) is 6.86. The lowest BCUT2D eigenvalue weighted by atomic mass is 9.84. The molecule has 0 aromatic rings. The number of halogens is 1. The van der Waals surface area contributed by atoms with Crippen LogP contribution in [0.15, 0.2) is 23.3 Å². The first kappa shape index (κ1) is 16.4. The molecule has 1 aliphatic rings. The van der Waals surface area contributed by atoms with E-state index in [1.807, 2.05) is 26.8 Å². The van der Waals surface area contributed by atoms with E-state index in [9.17, 15) is 4.39 Å². The predicted molar refractivity (Wildman–Crippen MR) is 75.9 cm³/mol. The van der Waals surface area contributed by atoms with Gasteiger partial charge in [0.1, 0.15) is 6.17 Å². The third-order valence-electron chi connectivity index (χ3n) is 3.53. The van der Waals surface area contributed by atoms with Crippen LogP contribution in [-0.4, -0.2) is 6.17 Å². The van der Waals surface area contributed by atoms with Crippen molar-refractivity contribution in [3.8, 4) is 0 Å². The van der Waals surface area contributed by atoms with Gasteiger partial charge in [-0.1, -0.05) is 50.5 Å². The molecule has 100 valence electrons. The van der Waals surface area contributed by atoms with E-state index in [-0.39, 0.29) is 5.92 Å². The Morgan fingerprint density at radius 3 is 2.41 bits per heavy atom. The fourth-order valence-corrected chi connectivity index (χ4v) is 1.71. The van der Waals surface area contributed by atoms with Crippen LogP contribution in [0.1, 0.15) is 60.8 Å². The molecular formula is C16H29F. The predicted octanol–water partition coefficient (Wildman–Crippen LogP) is 5.70. The molecule has 2 unspecified atom stereocenters. The Morgan fingerprint density at radius 2 is 2.06 bits per heavy atom. The highest BCUT2D eigenvalue weighted by molar-refractivity contribution is 5.16. The van der Waals surface area contributed by atoms with Crippen molar-refractivity contribution in [3.05, 3.63) is 23.3 Å². The minimum atomic E-state index is -0.755. The molecule has 0 amide bonds. The van der Waals surface area contributed by atoms with Crippen LogP contribution >= 0.6 is 0 Å². The lowest BCUT2D eigenvalue weighted by Gasteiger charge is -2.24. The summed E-state index contributed by atoms with van der Waals surface area (Å²) in [6.45, 7) is 12.7. The lowest BCUT2D eigenvalue weighted by molar-refractivity contribution is 0.284. The van der Waals surface area contributed by atoms with E-state index in [0.717, 1.165) is 18.8 Å². The Balaban J connectivity index is 0.000000437. The van der Waals surface area contributed by atoms with Gasteiger partial charge in [0, 0.05) is 5.92 Å². The zero-order valence-electron chi connectivity index (χ0n) is 12.4. The molecule has 0 aliphatic heterocycles. The molecule has 0 aromatic carbocycles. The fraction of sp³-hybridized carbons (Fsp3) is 0.750. The van der Waals surface area contributed by atoms with E-state index >= 15 is 0 Å². The minimum Gasteiger partial charge on any atom is -0.242 e. The van der Waals surface area contributed by atoms with Crippen molar-refractivity contribution in [2.24, 2.45) is 11.8 Å². The normalized spacial score (nSPS) is 25.2. The van der Waals surface area contributed by atoms with E-state index in [4.69, 9.17) is 0 Å². The number of hydrogen-bond donors (Lipinski definition) is 0. The standard InChI is InChI=1S/C11H17F.C5H12/c1-4-9(3)10-6-5-8(2)7-11(10)12;1-4-5(2)3/h4,7,10-11H,5-6H2,1-3H3;5H,4H2,1-3H3/b9-4+;. The van der Waals surface area contributed by atoms with Crippen molar-refractivity contribution in [1.29, 1.82) is 0 Å². The summed E-state index contributed by atoms with van der Waals surface area (Å²) in [4.78, 5) is 0. The zero-order chi connectivity index (χ0) is 13.4. The van der Waals surface area contributed by atoms with Crippen molar-refractivity contribution in [1.82, 2.24) is 0 Å². The van der Waals surface area contributed by atoms with Crippen LogP contribution < -0.4 is 0 Å². The van der Waals surface area contributed by atoms with Crippen molar-refractivity contribution in [2.45, 2.75) is 67.0 Å². The largest absolute Gasteiger partial charge is 0.242 e. The summed E-state index contributed by atoms with van der Waals surface area (Å²) in [5.74, 6) is 1.02. The van der Waals surface area contributed by atoms with Crippen LogP contribution in [0.25, 0.3) is 0 Å². The van der Waals surface area contributed by atoms with E-state index < -0.39 is 6.17 Å². The second-order valence-corrected chi connectivity index (χ2v) is 5.44. The van der Waals surface area contributed by atoms with Crippen LogP contribution in [0, 0.1) is 11.8 Å². The highest BCUT2D eigenvalue weighted by atomic mass is 19.1. The van der Waals surface area contributed by atoms with Gasteiger partial charge in [0.25, 0.3) is 0 Å². The SMILES string of the molecule is C/C=C(\C)C1CCC(C)=CC1F.CCC(C)C. The first-order chi connectivity index (χ1) is 7.92. The maximum Gasteiger partial charge on any atom is 0.125 e. The Kier molecular flexibility index (Phi) is 8.20. The van der Waals surface area contributed by atoms with Gasteiger partial charge in [-0.3, -0.25) is 0 Å². The molecule has 17 heavy (non-hydrogen) atoms. The summed E-state index contributed by atoms with van der Waals surface area (Å²) in [7, 11) is 0. The van der Waals surface area contributed by atoms with Gasteiger partial charge in [-0.2, -0.15) is 0 Å². The van der Waals surface area contributed by atoms with Gasteiger partial charge in [-0.15, -0.1) is 0 Å². The molecule has 1 rings (SSSR count). The summed E-state index contributed by atoms with van der Waals surface area (Å²) >= 11 is 0. The quantitative estimate of drug-likeness (QED) is 0.543.